The monoisotopic (exact) mass is 276 g/mol. The van der Waals surface area contributed by atoms with Gasteiger partial charge in [0, 0.05) is 6.54 Å². The lowest BCUT2D eigenvalue weighted by atomic mass is 9.82. The van der Waals surface area contributed by atoms with Crippen molar-refractivity contribution in [1.82, 2.24) is 10.2 Å². The van der Waals surface area contributed by atoms with Gasteiger partial charge in [-0.25, -0.2) is 0 Å². The minimum absolute atomic E-state index is 0.0597. The molecule has 3 fully saturated rings. The number of hydrogen-bond acceptors (Lipinski definition) is 2. The molecule has 0 aromatic heterocycles. The Labute approximate surface area is 120 Å². The van der Waals surface area contributed by atoms with Crippen molar-refractivity contribution in [2.24, 2.45) is 11.8 Å². The summed E-state index contributed by atoms with van der Waals surface area (Å²) < 4.78 is 0. The maximum absolute atomic E-state index is 12.8. The van der Waals surface area contributed by atoms with E-state index in [1.165, 1.54) is 19.3 Å². The van der Waals surface area contributed by atoms with Crippen LogP contribution in [0.1, 0.15) is 44.9 Å². The van der Waals surface area contributed by atoms with Crippen LogP contribution in [0.3, 0.4) is 0 Å². The lowest BCUT2D eigenvalue weighted by Crippen LogP contribution is -2.65. The van der Waals surface area contributed by atoms with Crippen LogP contribution in [0.2, 0.25) is 0 Å². The molecule has 1 saturated heterocycles. The molecule has 0 bridgehead atoms. The van der Waals surface area contributed by atoms with Crippen molar-refractivity contribution in [3.63, 3.8) is 0 Å². The molecule has 110 valence electrons. The van der Waals surface area contributed by atoms with Crippen molar-refractivity contribution >= 4 is 11.8 Å². The molecule has 2 atom stereocenters. The lowest BCUT2D eigenvalue weighted by Gasteiger charge is -2.42. The van der Waals surface area contributed by atoms with Crippen LogP contribution < -0.4 is 5.32 Å². The van der Waals surface area contributed by atoms with E-state index in [0.29, 0.717) is 18.4 Å². The van der Waals surface area contributed by atoms with Crippen molar-refractivity contribution in [3.05, 3.63) is 12.7 Å². The molecule has 1 N–H and O–H groups in total. The number of hydrogen-bond donors (Lipinski definition) is 1. The molecule has 20 heavy (non-hydrogen) atoms. The van der Waals surface area contributed by atoms with Crippen molar-refractivity contribution in [2.75, 3.05) is 6.54 Å². The summed E-state index contributed by atoms with van der Waals surface area (Å²) in [5, 5.41) is 3.03. The van der Waals surface area contributed by atoms with Crippen LogP contribution in [0.5, 0.6) is 0 Å². The first-order chi connectivity index (χ1) is 9.72. The summed E-state index contributed by atoms with van der Waals surface area (Å²) >= 11 is 0. The molecule has 2 amide bonds. The predicted molar refractivity (Wildman–Crippen MR) is 76.9 cm³/mol. The van der Waals surface area contributed by atoms with E-state index in [1.807, 2.05) is 0 Å². The predicted octanol–water partition coefficient (Wildman–Crippen LogP) is 1.86. The molecule has 1 heterocycles. The van der Waals surface area contributed by atoms with E-state index in [1.54, 1.807) is 11.0 Å². The Morgan fingerprint density at radius 1 is 1.10 bits per heavy atom. The Balaban J connectivity index is 1.78. The summed E-state index contributed by atoms with van der Waals surface area (Å²) in [5.74, 6) is 0.872. The molecular formula is C16H24N2O2. The maximum atomic E-state index is 12.8. The van der Waals surface area contributed by atoms with Gasteiger partial charge in [0.05, 0.1) is 0 Å². The Morgan fingerprint density at radius 2 is 1.80 bits per heavy atom. The Bertz CT molecular complexity index is 411. The summed E-state index contributed by atoms with van der Waals surface area (Å²) in [5.41, 5.74) is 0. The highest BCUT2D eigenvalue weighted by atomic mass is 16.2. The second-order valence-corrected chi connectivity index (χ2v) is 6.45. The number of rotatable bonds is 4. The van der Waals surface area contributed by atoms with Crippen molar-refractivity contribution < 1.29 is 9.59 Å². The fourth-order valence-electron chi connectivity index (χ4n) is 3.77. The Morgan fingerprint density at radius 3 is 2.40 bits per heavy atom. The van der Waals surface area contributed by atoms with Crippen LogP contribution in [0.15, 0.2) is 12.7 Å². The van der Waals surface area contributed by atoms with E-state index >= 15 is 0 Å². The van der Waals surface area contributed by atoms with Crippen LogP contribution in [-0.2, 0) is 9.59 Å². The van der Waals surface area contributed by atoms with Gasteiger partial charge in [-0.1, -0.05) is 25.3 Å². The van der Waals surface area contributed by atoms with Crippen LogP contribution in [0.4, 0.5) is 0 Å². The summed E-state index contributed by atoms with van der Waals surface area (Å²) in [6.07, 6.45) is 9.60. The third-order valence-corrected chi connectivity index (χ3v) is 4.97. The topological polar surface area (TPSA) is 49.4 Å². The van der Waals surface area contributed by atoms with E-state index in [0.717, 1.165) is 25.7 Å². The highest BCUT2D eigenvalue weighted by Crippen LogP contribution is 2.38. The van der Waals surface area contributed by atoms with E-state index in [4.69, 9.17) is 0 Å². The summed E-state index contributed by atoms with van der Waals surface area (Å²) in [6, 6.07) is -0.543. The molecule has 1 aliphatic heterocycles. The van der Waals surface area contributed by atoms with E-state index in [9.17, 15) is 9.59 Å². The first-order valence-corrected chi connectivity index (χ1v) is 7.94. The highest BCUT2D eigenvalue weighted by Gasteiger charge is 2.49. The van der Waals surface area contributed by atoms with Gasteiger partial charge >= 0.3 is 0 Å². The van der Waals surface area contributed by atoms with E-state index in [-0.39, 0.29) is 23.9 Å². The standard InChI is InChI=1S/C16H24N2O2/c1-2-10-18-14(12-8-9-12)15(19)17-13(16(18)20)11-6-4-3-5-7-11/h2,11-14H,1,3-10H2,(H,17,19). The van der Waals surface area contributed by atoms with Crippen molar-refractivity contribution in [1.29, 1.82) is 0 Å². The van der Waals surface area contributed by atoms with Gasteiger partial charge in [-0.2, -0.15) is 0 Å². The minimum atomic E-state index is -0.294. The second kappa shape index (κ2) is 5.58. The Hall–Kier alpha value is -1.32. The SMILES string of the molecule is C=CCN1C(=O)C(C2CCCCC2)NC(=O)C1C1CC1. The van der Waals surface area contributed by atoms with Gasteiger partial charge in [-0.3, -0.25) is 9.59 Å². The molecule has 0 aromatic rings. The average molecular weight is 276 g/mol. The molecule has 0 spiro atoms. The van der Waals surface area contributed by atoms with Crippen LogP contribution in [-0.4, -0.2) is 35.3 Å². The zero-order valence-corrected chi connectivity index (χ0v) is 12.0. The van der Waals surface area contributed by atoms with Crippen LogP contribution >= 0.6 is 0 Å². The van der Waals surface area contributed by atoms with E-state index < -0.39 is 0 Å². The average Bonchev–Trinajstić information content (AvgIpc) is 3.28. The molecule has 2 aliphatic carbocycles. The minimum Gasteiger partial charge on any atom is -0.342 e. The van der Waals surface area contributed by atoms with Gasteiger partial charge in [-0.15, -0.1) is 6.58 Å². The fourth-order valence-corrected chi connectivity index (χ4v) is 3.77. The first kappa shape index (κ1) is 13.7. The number of amides is 2. The second-order valence-electron chi connectivity index (χ2n) is 6.45. The molecule has 2 saturated carbocycles. The molecule has 4 nitrogen and oxygen atoms in total. The Kier molecular flexibility index (Phi) is 3.81. The smallest absolute Gasteiger partial charge is 0.246 e. The molecular weight excluding hydrogens is 252 g/mol. The third-order valence-electron chi connectivity index (χ3n) is 4.97. The summed E-state index contributed by atoms with van der Waals surface area (Å²) in [6.45, 7) is 4.24. The zero-order chi connectivity index (χ0) is 14.1. The van der Waals surface area contributed by atoms with Crippen LogP contribution in [0.25, 0.3) is 0 Å². The fraction of sp³-hybridized carbons (Fsp3) is 0.750. The molecule has 0 radical (unpaired) electrons. The lowest BCUT2D eigenvalue weighted by molar-refractivity contribution is -0.151. The quantitative estimate of drug-likeness (QED) is 0.797. The molecule has 0 aromatic carbocycles. The maximum Gasteiger partial charge on any atom is 0.246 e. The van der Waals surface area contributed by atoms with Gasteiger partial charge in [0.25, 0.3) is 0 Å². The van der Waals surface area contributed by atoms with Gasteiger partial charge in [0.15, 0.2) is 0 Å². The molecule has 2 unspecified atom stereocenters. The third kappa shape index (κ3) is 2.48. The van der Waals surface area contributed by atoms with Crippen molar-refractivity contribution in [2.45, 2.75) is 57.0 Å². The van der Waals surface area contributed by atoms with Gasteiger partial charge < -0.3 is 10.2 Å². The highest BCUT2D eigenvalue weighted by molar-refractivity contribution is 5.97. The normalized spacial score (nSPS) is 32.1. The number of carbonyl (C=O) groups is 2. The van der Waals surface area contributed by atoms with Crippen molar-refractivity contribution in [3.8, 4) is 0 Å². The summed E-state index contributed by atoms with van der Waals surface area (Å²) in [4.78, 5) is 27.0. The number of carbonyl (C=O) groups excluding carboxylic acids is 2. The molecule has 3 aliphatic rings. The molecule has 3 rings (SSSR count). The number of piperazine rings is 1. The first-order valence-electron chi connectivity index (χ1n) is 7.94. The van der Waals surface area contributed by atoms with Crippen LogP contribution in [0, 0.1) is 11.8 Å². The summed E-state index contributed by atoms with van der Waals surface area (Å²) in [7, 11) is 0. The number of nitrogens with one attached hydrogen (secondary N) is 1. The van der Waals surface area contributed by atoms with E-state index in [2.05, 4.69) is 11.9 Å². The molecule has 4 heteroatoms. The van der Waals surface area contributed by atoms with Gasteiger partial charge in [-0.05, 0) is 37.5 Å². The largest absolute Gasteiger partial charge is 0.342 e. The zero-order valence-electron chi connectivity index (χ0n) is 12.0. The van der Waals surface area contributed by atoms with Gasteiger partial charge in [0.2, 0.25) is 11.8 Å². The number of nitrogens with zero attached hydrogens (tertiary/aromatic N) is 1. The van der Waals surface area contributed by atoms with Gasteiger partial charge in [0.1, 0.15) is 12.1 Å².